The normalized spacial score (nSPS) is 23.3. The summed E-state index contributed by atoms with van der Waals surface area (Å²) in [7, 11) is 0. The van der Waals surface area contributed by atoms with Crippen LogP contribution in [0.5, 0.6) is 0 Å². The van der Waals surface area contributed by atoms with Gasteiger partial charge in [-0.25, -0.2) is 0 Å². The van der Waals surface area contributed by atoms with Crippen molar-refractivity contribution in [3.63, 3.8) is 0 Å². The number of nitrogens with zero attached hydrogens (tertiary/aromatic N) is 2. The van der Waals surface area contributed by atoms with E-state index in [1.165, 1.54) is 11.5 Å². The van der Waals surface area contributed by atoms with Gasteiger partial charge >= 0.3 is 0 Å². The Bertz CT molecular complexity index is 241. The van der Waals surface area contributed by atoms with Crippen LogP contribution in [-0.4, -0.2) is 55.2 Å². The van der Waals surface area contributed by atoms with Crippen molar-refractivity contribution < 1.29 is 4.74 Å². The Kier molecular flexibility index (Phi) is 7.61. The van der Waals surface area contributed by atoms with Crippen LogP contribution in [0, 0.1) is 5.92 Å². The number of hydrogen-bond donors (Lipinski definition) is 1. The highest BCUT2D eigenvalue weighted by Crippen LogP contribution is 2.15. The molecule has 0 aromatic heterocycles. The molecule has 0 amide bonds. The topological polar surface area (TPSA) is 50.9 Å². The lowest BCUT2D eigenvalue weighted by Gasteiger charge is -2.28. The summed E-state index contributed by atoms with van der Waals surface area (Å²) >= 11 is 1.99. The molecule has 17 heavy (non-hydrogen) atoms. The number of nitrogens with two attached hydrogens (primary N) is 1. The molecule has 0 saturated carbocycles. The number of guanidine groups is 1. The Morgan fingerprint density at radius 1 is 1.29 bits per heavy atom. The molecule has 4 nitrogen and oxygen atoms in total. The van der Waals surface area contributed by atoms with Crippen LogP contribution in [0.25, 0.3) is 0 Å². The molecule has 0 unspecified atom stereocenters. The quantitative estimate of drug-likeness (QED) is 0.453. The highest BCUT2D eigenvalue weighted by molar-refractivity contribution is 14.0. The largest absolute Gasteiger partial charge is 0.381 e. The van der Waals surface area contributed by atoms with Crippen LogP contribution in [0.4, 0.5) is 0 Å². The molecule has 0 aromatic rings. The Balaban J connectivity index is 0.00000144. The summed E-state index contributed by atoms with van der Waals surface area (Å²) in [6.45, 7) is 4.75. The smallest absolute Gasteiger partial charge is 0.191 e. The lowest BCUT2D eigenvalue weighted by molar-refractivity contribution is 0.0688. The van der Waals surface area contributed by atoms with Gasteiger partial charge < -0.3 is 15.4 Å². The zero-order valence-corrected chi connectivity index (χ0v) is 13.3. The molecule has 2 aliphatic rings. The van der Waals surface area contributed by atoms with Crippen LogP contribution >= 0.6 is 35.7 Å². The van der Waals surface area contributed by atoms with Crippen LogP contribution in [0.3, 0.4) is 0 Å². The van der Waals surface area contributed by atoms with E-state index in [4.69, 9.17) is 10.5 Å². The van der Waals surface area contributed by atoms with Crippen LogP contribution in [0.1, 0.15) is 12.8 Å². The molecule has 2 saturated heterocycles. The fraction of sp³-hybridized carbons (Fsp3) is 0.909. The van der Waals surface area contributed by atoms with Gasteiger partial charge in [-0.15, -0.1) is 24.0 Å². The van der Waals surface area contributed by atoms with Gasteiger partial charge in [0, 0.05) is 44.4 Å². The maximum absolute atomic E-state index is 6.00. The SMILES string of the molecule is I.NC(=NCC1CCOCC1)N1CCSCC1. The minimum atomic E-state index is 0. The van der Waals surface area contributed by atoms with Crippen molar-refractivity contribution in [1.82, 2.24) is 4.90 Å². The van der Waals surface area contributed by atoms with Gasteiger partial charge in [-0.1, -0.05) is 0 Å². The predicted octanol–water partition coefficient (Wildman–Crippen LogP) is 1.39. The third-order valence-electron chi connectivity index (χ3n) is 3.19. The van der Waals surface area contributed by atoms with Crippen molar-refractivity contribution in [3.05, 3.63) is 0 Å². The number of aliphatic imine (C=N–C) groups is 1. The van der Waals surface area contributed by atoms with E-state index in [1.807, 2.05) is 11.8 Å². The first-order valence-electron chi connectivity index (χ1n) is 6.06. The average molecular weight is 371 g/mol. The third kappa shape index (κ3) is 5.21. The van der Waals surface area contributed by atoms with E-state index < -0.39 is 0 Å². The molecule has 0 aromatic carbocycles. The second kappa shape index (κ2) is 8.42. The lowest BCUT2D eigenvalue weighted by atomic mass is 10.0. The van der Waals surface area contributed by atoms with E-state index in [0.717, 1.165) is 51.6 Å². The molecule has 2 heterocycles. The number of ether oxygens (including phenoxy) is 1. The molecular weight excluding hydrogens is 349 g/mol. The first kappa shape index (κ1) is 15.4. The monoisotopic (exact) mass is 371 g/mol. The summed E-state index contributed by atoms with van der Waals surface area (Å²) in [5.41, 5.74) is 6.00. The molecular formula is C11H22IN3OS. The molecule has 2 aliphatic heterocycles. The van der Waals surface area contributed by atoms with Crippen molar-refractivity contribution in [3.8, 4) is 0 Å². The molecule has 2 fully saturated rings. The minimum absolute atomic E-state index is 0. The molecule has 0 atom stereocenters. The zero-order valence-electron chi connectivity index (χ0n) is 10.1. The van der Waals surface area contributed by atoms with E-state index in [9.17, 15) is 0 Å². The zero-order chi connectivity index (χ0) is 11.2. The van der Waals surface area contributed by atoms with Gasteiger partial charge in [0.25, 0.3) is 0 Å². The van der Waals surface area contributed by atoms with Crippen molar-refractivity contribution in [2.24, 2.45) is 16.6 Å². The number of hydrogen-bond acceptors (Lipinski definition) is 3. The number of halogens is 1. The van der Waals surface area contributed by atoms with Crippen LogP contribution < -0.4 is 5.73 Å². The molecule has 2 rings (SSSR count). The van der Waals surface area contributed by atoms with Gasteiger partial charge in [0.1, 0.15) is 0 Å². The van der Waals surface area contributed by atoms with Gasteiger partial charge in [-0.05, 0) is 18.8 Å². The molecule has 100 valence electrons. The number of rotatable bonds is 2. The summed E-state index contributed by atoms with van der Waals surface area (Å²) in [5, 5.41) is 0. The van der Waals surface area contributed by atoms with E-state index in [-0.39, 0.29) is 24.0 Å². The van der Waals surface area contributed by atoms with E-state index in [2.05, 4.69) is 9.89 Å². The molecule has 0 spiro atoms. The maximum atomic E-state index is 6.00. The van der Waals surface area contributed by atoms with Gasteiger partial charge in [0.15, 0.2) is 5.96 Å². The number of thioether (sulfide) groups is 1. The fourth-order valence-electron chi connectivity index (χ4n) is 2.04. The van der Waals surface area contributed by atoms with Crippen LogP contribution in [0.2, 0.25) is 0 Å². The lowest BCUT2D eigenvalue weighted by Crippen LogP contribution is -2.43. The second-order valence-electron chi connectivity index (χ2n) is 4.35. The summed E-state index contributed by atoms with van der Waals surface area (Å²) in [6.07, 6.45) is 2.26. The Hall–Kier alpha value is 0.310. The molecule has 6 heteroatoms. The Morgan fingerprint density at radius 3 is 2.59 bits per heavy atom. The van der Waals surface area contributed by atoms with Crippen LogP contribution in [-0.2, 0) is 4.74 Å². The van der Waals surface area contributed by atoms with E-state index in [1.54, 1.807) is 0 Å². The highest BCUT2D eigenvalue weighted by Gasteiger charge is 2.15. The minimum Gasteiger partial charge on any atom is -0.381 e. The Labute approximate surface area is 125 Å². The fourth-order valence-corrected chi connectivity index (χ4v) is 2.95. The molecule has 0 bridgehead atoms. The maximum Gasteiger partial charge on any atom is 0.191 e. The summed E-state index contributed by atoms with van der Waals surface area (Å²) in [5.74, 6) is 3.76. The van der Waals surface area contributed by atoms with Crippen LogP contribution in [0.15, 0.2) is 4.99 Å². The molecule has 2 N–H and O–H groups in total. The first-order chi connectivity index (χ1) is 7.86. The molecule has 0 aliphatic carbocycles. The van der Waals surface area contributed by atoms with E-state index in [0.29, 0.717) is 5.92 Å². The van der Waals surface area contributed by atoms with Crippen molar-refractivity contribution in [2.45, 2.75) is 12.8 Å². The average Bonchev–Trinajstić information content (AvgIpc) is 2.38. The first-order valence-corrected chi connectivity index (χ1v) is 7.22. The third-order valence-corrected chi connectivity index (χ3v) is 4.13. The van der Waals surface area contributed by atoms with Crippen molar-refractivity contribution >= 4 is 41.7 Å². The second-order valence-corrected chi connectivity index (χ2v) is 5.58. The summed E-state index contributed by atoms with van der Waals surface area (Å²) < 4.78 is 5.33. The van der Waals surface area contributed by atoms with E-state index >= 15 is 0 Å². The summed E-state index contributed by atoms with van der Waals surface area (Å²) in [4.78, 5) is 6.73. The highest BCUT2D eigenvalue weighted by atomic mass is 127. The summed E-state index contributed by atoms with van der Waals surface area (Å²) in [6, 6.07) is 0. The van der Waals surface area contributed by atoms with Crippen molar-refractivity contribution in [2.75, 3.05) is 44.4 Å². The van der Waals surface area contributed by atoms with Crippen molar-refractivity contribution in [1.29, 1.82) is 0 Å². The standard InChI is InChI=1S/C11H21N3OS.HI/c12-11(14-3-7-16-8-4-14)13-9-10-1-5-15-6-2-10;/h10H,1-9H2,(H2,12,13);1H. The van der Waals surface area contributed by atoms with Gasteiger partial charge in [-0.3, -0.25) is 4.99 Å². The van der Waals surface area contributed by atoms with Gasteiger partial charge in [0.05, 0.1) is 0 Å². The van der Waals surface area contributed by atoms with Gasteiger partial charge in [0.2, 0.25) is 0 Å². The molecule has 0 radical (unpaired) electrons. The predicted molar refractivity (Wildman–Crippen MR) is 84.3 cm³/mol. The van der Waals surface area contributed by atoms with Gasteiger partial charge in [-0.2, -0.15) is 11.8 Å². The Morgan fingerprint density at radius 2 is 1.94 bits per heavy atom.